The Balaban J connectivity index is 4.62. The van der Waals surface area contributed by atoms with E-state index < -0.39 is 12.1 Å². The van der Waals surface area contributed by atoms with Gasteiger partial charge in [-0.3, -0.25) is 14.4 Å². The van der Waals surface area contributed by atoms with Crippen LogP contribution in [-0.4, -0.2) is 37.2 Å². The molecule has 0 fully saturated rings. The third-order valence-electron chi connectivity index (χ3n) is 9.45. The van der Waals surface area contributed by atoms with Gasteiger partial charge in [-0.25, -0.2) is 0 Å². The number of carbonyl (C=O) groups is 3. The maximum atomic E-state index is 12.7. The van der Waals surface area contributed by atoms with E-state index in [1.165, 1.54) is 38.5 Å². The minimum Gasteiger partial charge on any atom is -0.462 e. The Morgan fingerprint density at radius 2 is 0.746 bits per heavy atom. The fourth-order valence-corrected chi connectivity index (χ4v) is 5.84. The molecule has 0 aromatic rings. The van der Waals surface area contributed by atoms with Gasteiger partial charge in [0.05, 0.1) is 0 Å². The van der Waals surface area contributed by atoms with Gasteiger partial charge in [0.1, 0.15) is 13.2 Å². The fraction of sp³-hybridized carbons (Fsp3) is 0.526. The van der Waals surface area contributed by atoms with Crippen LogP contribution in [-0.2, 0) is 28.6 Å². The zero-order chi connectivity index (χ0) is 45.8. The van der Waals surface area contributed by atoms with Crippen LogP contribution in [0.2, 0.25) is 0 Å². The Morgan fingerprint density at radius 3 is 1.29 bits per heavy atom. The van der Waals surface area contributed by atoms with Crippen LogP contribution in [0.15, 0.2) is 146 Å². The lowest BCUT2D eigenvalue weighted by Crippen LogP contribution is -2.30. The highest BCUT2D eigenvalue weighted by molar-refractivity contribution is 5.71. The maximum Gasteiger partial charge on any atom is 0.306 e. The summed E-state index contributed by atoms with van der Waals surface area (Å²) in [4.78, 5) is 37.8. The average Bonchev–Trinajstić information content (AvgIpc) is 3.28. The van der Waals surface area contributed by atoms with Gasteiger partial charge < -0.3 is 14.2 Å². The van der Waals surface area contributed by atoms with Crippen molar-refractivity contribution >= 4 is 17.9 Å². The van der Waals surface area contributed by atoms with E-state index in [0.717, 1.165) is 77.0 Å². The van der Waals surface area contributed by atoms with Crippen molar-refractivity contribution in [2.24, 2.45) is 0 Å². The summed E-state index contributed by atoms with van der Waals surface area (Å²) < 4.78 is 16.6. The van der Waals surface area contributed by atoms with Crippen molar-refractivity contribution < 1.29 is 28.6 Å². The van der Waals surface area contributed by atoms with Crippen molar-refractivity contribution in [2.45, 2.75) is 181 Å². The molecule has 0 radical (unpaired) electrons. The zero-order valence-electron chi connectivity index (χ0n) is 39.8. The Morgan fingerprint density at radius 1 is 0.349 bits per heavy atom. The summed E-state index contributed by atoms with van der Waals surface area (Å²) in [5.41, 5.74) is 0. The summed E-state index contributed by atoms with van der Waals surface area (Å²) in [6, 6.07) is 0. The summed E-state index contributed by atoms with van der Waals surface area (Å²) in [6.45, 7) is 6.19. The summed E-state index contributed by atoms with van der Waals surface area (Å²) in [7, 11) is 0. The Kier molecular flexibility index (Phi) is 46.2. The van der Waals surface area contributed by atoms with Gasteiger partial charge >= 0.3 is 17.9 Å². The Labute approximate surface area is 385 Å². The number of esters is 3. The quantitative estimate of drug-likeness (QED) is 0.0200. The van der Waals surface area contributed by atoms with Gasteiger partial charge in [0.15, 0.2) is 6.10 Å². The van der Waals surface area contributed by atoms with Crippen LogP contribution in [0.5, 0.6) is 0 Å². The second-order valence-corrected chi connectivity index (χ2v) is 15.4. The van der Waals surface area contributed by atoms with E-state index in [1.54, 1.807) is 0 Å². The molecule has 0 amide bonds. The van der Waals surface area contributed by atoms with E-state index in [4.69, 9.17) is 14.2 Å². The van der Waals surface area contributed by atoms with E-state index in [2.05, 4.69) is 106 Å². The molecule has 0 saturated heterocycles. The van der Waals surface area contributed by atoms with Gasteiger partial charge in [0.25, 0.3) is 0 Å². The lowest BCUT2D eigenvalue weighted by Gasteiger charge is -2.18. The molecule has 1 atom stereocenters. The van der Waals surface area contributed by atoms with Crippen molar-refractivity contribution in [3.63, 3.8) is 0 Å². The summed E-state index contributed by atoms with van der Waals surface area (Å²) in [6.07, 6.45) is 71.4. The van der Waals surface area contributed by atoms with Crippen LogP contribution in [0.25, 0.3) is 0 Å². The van der Waals surface area contributed by atoms with E-state index in [-0.39, 0.29) is 44.4 Å². The van der Waals surface area contributed by atoms with E-state index in [1.807, 2.05) is 60.8 Å². The molecule has 0 aliphatic rings. The van der Waals surface area contributed by atoms with Crippen molar-refractivity contribution in [3.05, 3.63) is 146 Å². The highest BCUT2D eigenvalue weighted by atomic mass is 16.6. The van der Waals surface area contributed by atoms with Gasteiger partial charge in [0.2, 0.25) is 0 Å². The third kappa shape index (κ3) is 48.2. The molecule has 1 unspecified atom stereocenters. The van der Waals surface area contributed by atoms with E-state index >= 15 is 0 Å². The SMILES string of the molecule is CC\C=C/C=C\C=C/C=C\C=C/CCCC(=O)OC(COC(=O)CC/C=C\C/C=C\CCCCCCCC)COC(=O)CCCCC/C=C\C/C=C\C/C=C\C/C=C\C/C=C\CC. The minimum atomic E-state index is -0.857. The number of rotatable bonds is 41. The first-order valence-electron chi connectivity index (χ1n) is 24.4. The van der Waals surface area contributed by atoms with Gasteiger partial charge in [0, 0.05) is 19.3 Å². The topological polar surface area (TPSA) is 78.9 Å². The van der Waals surface area contributed by atoms with Crippen molar-refractivity contribution in [1.82, 2.24) is 0 Å². The molecular weight excluding hydrogens is 781 g/mol. The maximum absolute atomic E-state index is 12.7. The highest BCUT2D eigenvalue weighted by Gasteiger charge is 2.19. The van der Waals surface area contributed by atoms with Gasteiger partial charge in [-0.2, -0.15) is 0 Å². The molecule has 6 heteroatoms. The molecule has 0 N–H and O–H groups in total. The molecule has 0 saturated carbocycles. The molecule has 350 valence electrons. The zero-order valence-corrected chi connectivity index (χ0v) is 39.8. The predicted octanol–water partition coefficient (Wildman–Crippen LogP) is 16.1. The fourth-order valence-electron chi connectivity index (χ4n) is 5.84. The first kappa shape index (κ1) is 58.3. The van der Waals surface area contributed by atoms with Crippen molar-refractivity contribution in [3.8, 4) is 0 Å². The van der Waals surface area contributed by atoms with Crippen molar-refractivity contribution in [1.29, 1.82) is 0 Å². The molecule has 0 spiro atoms. The summed E-state index contributed by atoms with van der Waals surface area (Å²) in [5.74, 6) is -1.14. The molecule has 0 aliphatic carbocycles. The van der Waals surface area contributed by atoms with Crippen LogP contribution in [0.4, 0.5) is 0 Å². The molecular formula is C57H86O6. The Hall–Kier alpha value is -4.71. The first-order valence-corrected chi connectivity index (χ1v) is 24.4. The minimum absolute atomic E-state index is 0.148. The highest BCUT2D eigenvalue weighted by Crippen LogP contribution is 2.10. The smallest absolute Gasteiger partial charge is 0.306 e. The van der Waals surface area contributed by atoms with Crippen LogP contribution < -0.4 is 0 Å². The monoisotopic (exact) mass is 867 g/mol. The molecule has 0 heterocycles. The molecule has 0 aliphatic heterocycles. The number of unbranched alkanes of at least 4 members (excludes halogenated alkanes) is 10. The molecule has 0 aromatic carbocycles. The molecule has 0 rings (SSSR count). The lowest BCUT2D eigenvalue weighted by molar-refractivity contribution is -0.166. The second kappa shape index (κ2) is 49.9. The van der Waals surface area contributed by atoms with Crippen molar-refractivity contribution in [2.75, 3.05) is 13.2 Å². The van der Waals surface area contributed by atoms with Gasteiger partial charge in [-0.1, -0.05) is 205 Å². The van der Waals surface area contributed by atoms with E-state index in [9.17, 15) is 14.4 Å². The molecule has 63 heavy (non-hydrogen) atoms. The van der Waals surface area contributed by atoms with Crippen LogP contribution in [0.1, 0.15) is 175 Å². The number of hydrogen-bond donors (Lipinski definition) is 0. The number of ether oxygens (including phenoxy) is 3. The molecule has 0 bridgehead atoms. The van der Waals surface area contributed by atoms with Crippen LogP contribution in [0, 0.1) is 0 Å². The number of allylic oxidation sites excluding steroid dienone is 24. The first-order chi connectivity index (χ1) is 31.0. The summed E-state index contributed by atoms with van der Waals surface area (Å²) in [5, 5.41) is 0. The average molecular weight is 867 g/mol. The van der Waals surface area contributed by atoms with Crippen LogP contribution in [0.3, 0.4) is 0 Å². The number of carbonyl (C=O) groups excluding carboxylic acids is 3. The molecule has 6 nitrogen and oxygen atoms in total. The normalized spacial score (nSPS) is 13.4. The third-order valence-corrected chi connectivity index (χ3v) is 9.45. The van der Waals surface area contributed by atoms with E-state index in [0.29, 0.717) is 19.3 Å². The number of hydrogen-bond acceptors (Lipinski definition) is 6. The van der Waals surface area contributed by atoms with Crippen LogP contribution >= 0.6 is 0 Å². The standard InChI is InChI=1S/C57H86O6/c1-4-7-10-13-16-19-22-25-26-27-28-29-30-33-35-38-41-44-47-50-56(59)62-53-54(63-57(60)51-48-45-42-39-36-32-24-21-18-15-12-9-6-3)52-61-55(58)49-46-43-40-37-34-31-23-20-17-14-11-8-5-2/h7,9-10,12,15-16,18-19,21,24-26,28-29,31-36,39-40,42-43,54H,4-6,8,11,13-14,17,20,22-23,27,30,37-38,41,44-53H2,1-3H3/b10-7-,12-9-,18-15-,19-16-,24-21-,26-25-,29-28-,34-31-,35-33-,36-32-,42-39-,43-40-. The lowest BCUT2D eigenvalue weighted by atomic mass is 10.1. The van der Waals surface area contributed by atoms with Gasteiger partial charge in [-0.05, 0) is 96.3 Å². The second-order valence-electron chi connectivity index (χ2n) is 15.4. The van der Waals surface area contributed by atoms with Gasteiger partial charge in [-0.15, -0.1) is 0 Å². The Bertz CT molecular complexity index is 1460. The predicted molar refractivity (Wildman–Crippen MR) is 269 cm³/mol. The summed E-state index contributed by atoms with van der Waals surface area (Å²) >= 11 is 0. The largest absolute Gasteiger partial charge is 0.462 e. The molecule has 0 aromatic heterocycles.